The summed E-state index contributed by atoms with van der Waals surface area (Å²) in [6.07, 6.45) is 7.63. The molecule has 1 aliphatic heterocycles. The minimum absolute atomic E-state index is 0.295. The van der Waals surface area contributed by atoms with Crippen molar-refractivity contribution in [2.45, 2.75) is 64.8 Å². The average Bonchev–Trinajstić information content (AvgIpc) is 2.70. The zero-order chi connectivity index (χ0) is 12.7. The number of carbonyl (C=O) groups is 1. The Morgan fingerprint density at radius 3 is 2.82 bits per heavy atom. The van der Waals surface area contributed by atoms with Crippen molar-refractivity contribution in [1.82, 2.24) is 4.90 Å². The topological polar surface area (TPSA) is 40.5 Å². The fourth-order valence-corrected chi connectivity index (χ4v) is 2.82. The first-order valence-electron chi connectivity index (χ1n) is 7.13. The van der Waals surface area contributed by atoms with E-state index in [1.54, 1.807) is 0 Å². The van der Waals surface area contributed by atoms with Crippen LogP contribution in [0.1, 0.15) is 58.8 Å². The van der Waals surface area contributed by atoms with Crippen molar-refractivity contribution in [1.29, 1.82) is 0 Å². The van der Waals surface area contributed by atoms with Crippen LogP contribution in [0.25, 0.3) is 0 Å². The monoisotopic (exact) mass is 241 g/mol. The standard InChI is InChI=1S/C14H27NO2/c1-3-5-7-12(4-2)11-15-9-6-8-13(15)10-14(16)17/h12-13H,3-11H2,1-2H3,(H,16,17). The number of nitrogens with zero attached hydrogens (tertiary/aromatic N) is 1. The Bertz CT molecular complexity index is 230. The summed E-state index contributed by atoms with van der Waals surface area (Å²) in [4.78, 5) is 13.2. The van der Waals surface area contributed by atoms with Gasteiger partial charge in [0.2, 0.25) is 0 Å². The molecule has 1 fully saturated rings. The number of carboxylic acid groups (broad SMARTS) is 1. The first-order chi connectivity index (χ1) is 8.17. The summed E-state index contributed by atoms with van der Waals surface area (Å²) in [7, 11) is 0. The zero-order valence-corrected chi connectivity index (χ0v) is 11.3. The lowest BCUT2D eigenvalue weighted by Gasteiger charge is -2.27. The molecule has 0 aromatic heterocycles. The van der Waals surface area contributed by atoms with Gasteiger partial charge in [0.1, 0.15) is 0 Å². The van der Waals surface area contributed by atoms with Crippen LogP contribution in [0.4, 0.5) is 0 Å². The van der Waals surface area contributed by atoms with E-state index in [4.69, 9.17) is 5.11 Å². The molecule has 17 heavy (non-hydrogen) atoms. The van der Waals surface area contributed by atoms with Crippen molar-refractivity contribution in [2.24, 2.45) is 5.92 Å². The van der Waals surface area contributed by atoms with Gasteiger partial charge in [0.25, 0.3) is 0 Å². The van der Waals surface area contributed by atoms with Crippen molar-refractivity contribution < 1.29 is 9.90 Å². The molecule has 0 aliphatic carbocycles. The normalized spacial score (nSPS) is 22.8. The highest BCUT2D eigenvalue weighted by Crippen LogP contribution is 2.24. The van der Waals surface area contributed by atoms with Gasteiger partial charge in [0.15, 0.2) is 0 Å². The van der Waals surface area contributed by atoms with Gasteiger partial charge < -0.3 is 5.11 Å². The van der Waals surface area contributed by atoms with Gasteiger partial charge in [-0.3, -0.25) is 9.69 Å². The van der Waals surface area contributed by atoms with Crippen LogP contribution in [0, 0.1) is 5.92 Å². The number of aliphatic carboxylic acids is 1. The second-order valence-corrected chi connectivity index (χ2v) is 5.31. The lowest BCUT2D eigenvalue weighted by Crippen LogP contribution is -2.35. The summed E-state index contributed by atoms with van der Waals surface area (Å²) in [5, 5.41) is 8.90. The van der Waals surface area contributed by atoms with Crippen LogP contribution in [-0.2, 0) is 4.79 Å². The number of hydrogen-bond acceptors (Lipinski definition) is 2. The second-order valence-electron chi connectivity index (χ2n) is 5.31. The lowest BCUT2D eigenvalue weighted by molar-refractivity contribution is -0.138. The van der Waals surface area contributed by atoms with E-state index < -0.39 is 5.97 Å². The summed E-state index contributed by atoms with van der Waals surface area (Å²) in [5.74, 6) is 0.104. The van der Waals surface area contributed by atoms with E-state index in [0.29, 0.717) is 12.5 Å². The number of rotatable bonds is 8. The molecule has 3 heteroatoms. The molecule has 3 nitrogen and oxygen atoms in total. The van der Waals surface area contributed by atoms with Crippen LogP contribution >= 0.6 is 0 Å². The van der Waals surface area contributed by atoms with Crippen molar-refractivity contribution >= 4 is 5.97 Å². The third-order valence-electron chi connectivity index (χ3n) is 3.95. The van der Waals surface area contributed by atoms with Gasteiger partial charge in [-0.1, -0.05) is 33.1 Å². The molecule has 2 unspecified atom stereocenters. The summed E-state index contributed by atoms with van der Waals surface area (Å²) < 4.78 is 0. The Hall–Kier alpha value is -0.570. The Morgan fingerprint density at radius 1 is 1.47 bits per heavy atom. The molecule has 100 valence electrons. The number of unbranched alkanes of at least 4 members (excludes halogenated alkanes) is 1. The molecule has 0 amide bonds. The van der Waals surface area contributed by atoms with Gasteiger partial charge in [-0.05, 0) is 31.7 Å². The van der Waals surface area contributed by atoms with Crippen LogP contribution in [-0.4, -0.2) is 35.1 Å². The van der Waals surface area contributed by atoms with Gasteiger partial charge in [0, 0.05) is 12.6 Å². The third kappa shape index (κ3) is 5.07. The van der Waals surface area contributed by atoms with Crippen LogP contribution in [0.15, 0.2) is 0 Å². The van der Waals surface area contributed by atoms with Gasteiger partial charge in [0.05, 0.1) is 6.42 Å². The zero-order valence-electron chi connectivity index (χ0n) is 11.3. The van der Waals surface area contributed by atoms with Gasteiger partial charge in [-0.25, -0.2) is 0 Å². The molecule has 2 atom stereocenters. The minimum Gasteiger partial charge on any atom is -0.481 e. The van der Waals surface area contributed by atoms with Crippen LogP contribution < -0.4 is 0 Å². The molecule has 1 aliphatic rings. The third-order valence-corrected chi connectivity index (χ3v) is 3.95. The quantitative estimate of drug-likeness (QED) is 0.709. The fourth-order valence-electron chi connectivity index (χ4n) is 2.82. The van der Waals surface area contributed by atoms with Gasteiger partial charge in [-0.15, -0.1) is 0 Å². The number of carboxylic acids is 1. The van der Waals surface area contributed by atoms with Crippen molar-refractivity contribution in [3.63, 3.8) is 0 Å². The van der Waals surface area contributed by atoms with Crippen LogP contribution in [0.2, 0.25) is 0 Å². The van der Waals surface area contributed by atoms with E-state index in [-0.39, 0.29) is 0 Å². The smallest absolute Gasteiger partial charge is 0.304 e. The molecule has 0 spiro atoms. The maximum Gasteiger partial charge on any atom is 0.304 e. The molecule has 0 bridgehead atoms. The van der Waals surface area contributed by atoms with Gasteiger partial charge >= 0.3 is 5.97 Å². The summed E-state index contributed by atoms with van der Waals surface area (Å²) in [6, 6.07) is 0.295. The van der Waals surface area contributed by atoms with Crippen LogP contribution in [0.3, 0.4) is 0 Å². The molecular weight excluding hydrogens is 214 g/mol. The Morgan fingerprint density at radius 2 is 2.24 bits per heavy atom. The number of likely N-dealkylation sites (tertiary alicyclic amines) is 1. The SMILES string of the molecule is CCCCC(CC)CN1CCCC1CC(=O)O. The summed E-state index contributed by atoms with van der Waals surface area (Å²) in [6.45, 7) is 6.69. The first kappa shape index (κ1) is 14.5. The maximum absolute atomic E-state index is 10.8. The maximum atomic E-state index is 10.8. The molecule has 1 heterocycles. The molecular formula is C14H27NO2. The van der Waals surface area contributed by atoms with Crippen molar-refractivity contribution in [2.75, 3.05) is 13.1 Å². The van der Waals surface area contributed by atoms with Crippen molar-refractivity contribution in [3.05, 3.63) is 0 Å². The van der Waals surface area contributed by atoms with Crippen LogP contribution in [0.5, 0.6) is 0 Å². The summed E-state index contributed by atoms with van der Waals surface area (Å²) >= 11 is 0. The molecule has 0 aromatic carbocycles. The highest BCUT2D eigenvalue weighted by molar-refractivity contribution is 5.67. The largest absolute Gasteiger partial charge is 0.481 e. The van der Waals surface area contributed by atoms with E-state index in [0.717, 1.165) is 25.4 Å². The first-order valence-corrected chi connectivity index (χ1v) is 7.13. The molecule has 1 N–H and O–H groups in total. The van der Waals surface area contributed by atoms with E-state index in [2.05, 4.69) is 18.7 Å². The molecule has 0 saturated carbocycles. The Kier molecular flexibility index (Phi) is 6.56. The Balaban J connectivity index is 2.38. The average molecular weight is 241 g/mol. The molecule has 0 radical (unpaired) electrons. The molecule has 0 aromatic rings. The van der Waals surface area contributed by atoms with E-state index >= 15 is 0 Å². The number of hydrogen-bond donors (Lipinski definition) is 1. The van der Waals surface area contributed by atoms with E-state index in [1.165, 1.54) is 32.1 Å². The fraction of sp³-hybridized carbons (Fsp3) is 0.929. The predicted molar refractivity (Wildman–Crippen MR) is 70.2 cm³/mol. The Labute approximate surface area is 105 Å². The summed E-state index contributed by atoms with van der Waals surface area (Å²) in [5.41, 5.74) is 0. The molecule has 1 rings (SSSR count). The van der Waals surface area contributed by atoms with Gasteiger partial charge in [-0.2, -0.15) is 0 Å². The lowest BCUT2D eigenvalue weighted by atomic mass is 9.98. The van der Waals surface area contributed by atoms with Crippen molar-refractivity contribution in [3.8, 4) is 0 Å². The molecule has 1 saturated heterocycles. The second kappa shape index (κ2) is 7.70. The highest BCUT2D eigenvalue weighted by atomic mass is 16.4. The minimum atomic E-state index is -0.650. The predicted octanol–water partition coefficient (Wildman–Crippen LogP) is 3.14. The van der Waals surface area contributed by atoms with E-state index in [1.807, 2.05) is 0 Å². The van der Waals surface area contributed by atoms with E-state index in [9.17, 15) is 4.79 Å². The highest BCUT2D eigenvalue weighted by Gasteiger charge is 2.27.